The first-order chi connectivity index (χ1) is 15.3. The molecule has 0 unspecified atom stereocenters. The third-order valence-corrected chi connectivity index (χ3v) is 6.09. The molecule has 0 aromatic heterocycles. The largest absolute Gasteiger partial charge is 0.481 e. The van der Waals surface area contributed by atoms with E-state index in [1.165, 1.54) is 0 Å². The summed E-state index contributed by atoms with van der Waals surface area (Å²) in [4.78, 5) is 39.5. The normalized spacial score (nSPS) is 17.1. The smallest absolute Gasteiger partial charge is 0.319 e. The van der Waals surface area contributed by atoms with Crippen molar-refractivity contribution in [2.45, 2.75) is 58.7 Å². The van der Waals surface area contributed by atoms with E-state index < -0.39 is 24.1 Å². The summed E-state index contributed by atoms with van der Waals surface area (Å²) in [5, 5.41) is 15.1. The summed E-state index contributed by atoms with van der Waals surface area (Å²) in [7, 11) is 0. The topological polar surface area (TPSA) is 98.7 Å². The number of amides is 3. The summed E-state index contributed by atoms with van der Waals surface area (Å²) in [6.45, 7) is 6.15. The molecule has 32 heavy (non-hydrogen) atoms. The number of fused-ring (bicyclic) bond motifs is 1. The Labute approximate surface area is 188 Å². The van der Waals surface area contributed by atoms with E-state index in [0.29, 0.717) is 25.1 Å². The molecule has 0 spiro atoms. The van der Waals surface area contributed by atoms with Crippen LogP contribution in [0.2, 0.25) is 0 Å². The number of aliphatic carboxylic acids is 1. The van der Waals surface area contributed by atoms with E-state index in [1.807, 2.05) is 63.2 Å². The zero-order valence-corrected chi connectivity index (χ0v) is 18.8. The van der Waals surface area contributed by atoms with Crippen LogP contribution in [0.5, 0.6) is 0 Å². The van der Waals surface area contributed by atoms with Crippen LogP contribution in [0, 0.1) is 12.8 Å². The Morgan fingerprint density at radius 1 is 1.12 bits per heavy atom. The Balaban J connectivity index is 1.81. The molecule has 2 aromatic carbocycles. The summed E-state index contributed by atoms with van der Waals surface area (Å²) in [6.07, 6.45) is 1.04. The van der Waals surface area contributed by atoms with Crippen molar-refractivity contribution >= 4 is 23.6 Å². The average molecular weight is 438 g/mol. The van der Waals surface area contributed by atoms with Crippen molar-refractivity contribution in [2.24, 2.45) is 5.92 Å². The lowest BCUT2D eigenvalue weighted by atomic mass is 9.90. The van der Waals surface area contributed by atoms with Crippen LogP contribution in [0.4, 0.5) is 10.5 Å². The summed E-state index contributed by atoms with van der Waals surface area (Å²) in [6, 6.07) is 13.5. The van der Waals surface area contributed by atoms with Gasteiger partial charge in [-0.1, -0.05) is 56.7 Å². The number of nitrogens with one attached hydrogen (secondary N) is 2. The molecule has 1 heterocycles. The fourth-order valence-corrected chi connectivity index (χ4v) is 4.12. The highest BCUT2D eigenvalue weighted by atomic mass is 16.4. The molecule has 3 amide bonds. The lowest BCUT2D eigenvalue weighted by Gasteiger charge is -2.39. The molecule has 0 fully saturated rings. The number of nitrogens with zero attached hydrogens (tertiary/aromatic N) is 1. The van der Waals surface area contributed by atoms with Crippen LogP contribution in [-0.2, 0) is 22.6 Å². The zero-order valence-electron chi connectivity index (χ0n) is 18.8. The predicted octanol–water partition coefficient (Wildman–Crippen LogP) is 3.96. The molecule has 0 saturated heterocycles. The maximum Gasteiger partial charge on any atom is 0.319 e. The molecular formula is C25H31N3O4. The number of carboxylic acid groups (broad SMARTS) is 1. The second kappa shape index (κ2) is 10.3. The number of benzene rings is 2. The molecule has 0 saturated carbocycles. The first-order valence-electron chi connectivity index (χ1n) is 11.0. The molecule has 170 valence electrons. The Bertz CT molecular complexity index is 991. The number of carbonyl (C=O) groups excluding carboxylic acids is 2. The Morgan fingerprint density at radius 2 is 1.84 bits per heavy atom. The number of hydrogen-bond donors (Lipinski definition) is 3. The quantitative estimate of drug-likeness (QED) is 0.611. The highest BCUT2D eigenvalue weighted by Crippen LogP contribution is 2.27. The minimum Gasteiger partial charge on any atom is -0.481 e. The van der Waals surface area contributed by atoms with E-state index in [4.69, 9.17) is 0 Å². The first kappa shape index (κ1) is 23.3. The van der Waals surface area contributed by atoms with Crippen molar-refractivity contribution in [3.05, 3.63) is 65.2 Å². The van der Waals surface area contributed by atoms with Crippen molar-refractivity contribution in [1.82, 2.24) is 10.2 Å². The lowest BCUT2D eigenvalue weighted by molar-refractivity contribution is -0.143. The molecule has 7 nitrogen and oxygen atoms in total. The molecule has 3 N–H and O–H groups in total. The van der Waals surface area contributed by atoms with Gasteiger partial charge in [0.05, 0.1) is 6.42 Å². The molecule has 1 aliphatic heterocycles. The van der Waals surface area contributed by atoms with Gasteiger partial charge in [-0.05, 0) is 48.1 Å². The van der Waals surface area contributed by atoms with Gasteiger partial charge >= 0.3 is 12.0 Å². The predicted molar refractivity (Wildman–Crippen MR) is 123 cm³/mol. The number of hydrogen-bond acceptors (Lipinski definition) is 3. The molecule has 2 aromatic rings. The standard InChI is InChI=1S/C25H31N3O4/c1-4-17(3)23(27-25(32)26-20-11-7-8-16(2)12-20)24(31)28-15-19-10-6-5-9-18(19)13-21(28)14-22(29)30/h5-12,17,21,23H,4,13-15H2,1-3H3,(H,29,30)(H2,26,27,32)/t17-,21+,23-/m0/s1. The third-order valence-electron chi connectivity index (χ3n) is 6.09. The van der Waals surface area contributed by atoms with Gasteiger partial charge in [-0.2, -0.15) is 0 Å². The summed E-state index contributed by atoms with van der Waals surface area (Å²) in [5.74, 6) is -1.31. The Hall–Kier alpha value is -3.35. The van der Waals surface area contributed by atoms with Crippen molar-refractivity contribution < 1.29 is 19.5 Å². The number of anilines is 1. The van der Waals surface area contributed by atoms with E-state index in [9.17, 15) is 19.5 Å². The molecule has 7 heteroatoms. The fourth-order valence-electron chi connectivity index (χ4n) is 4.12. The third kappa shape index (κ3) is 5.66. The monoisotopic (exact) mass is 437 g/mol. The van der Waals surface area contributed by atoms with Crippen LogP contribution < -0.4 is 10.6 Å². The van der Waals surface area contributed by atoms with Gasteiger partial charge in [0.2, 0.25) is 5.91 Å². The van der Waals surface area contributed by atoms with Crippen molar-refractivity contribution in [3.63, 3.8) is 0 Å². The van der Waals surface area contributed by atoms with Gasteiger partial charge in [0.1, 0.15) is 6.04 Å². The van der Waals surface area contributed by atoms with Gasteiger partial charge in [-0.3, -0.25) is 9.59 Å². The zero-order chi connectivity index (χ0) is 23.3. The summed E-state index contributed by atoms with van der Waals surface area (Å²) in [5.41, 5.74) is 3.73. The lowest BCUT2D eigenvalue weighted by Crippen LogP contribution is -2.56. The second-order valence-corrected chi connectivity index (χ2v) is 8.52. The van der Waals surface area contributed by atoms with Crippen molar-refractivity contribution in [2.75, 3.05) is 5.32 Å². The molecule has 0 aliphatic carbocycles. The van der Waals surface area contributed by atoms with E-state index in [-0.39, 0.29) is 18.2 Å². The molecular weight excluding hydrogens is 406 g/mol. The highest BCUT2D eigenvalue weighted by molar-refractivity contribution is 5.94. The number of carboxylic acids is 1. The molecule has 0 bridgehead atoms. The van der Waals surface area contributed by atoms with Gasteiger partial charge in [0, 0.05) is 18.3 Å². The molecule has 3 rings (SSSR count). The van der Waals surface area contributed by atoms with Gasteiger partial charge in [-0.15, -0.1) is 0 Å². The minimum absolute atomic E-state index is 0.117. The van der Waals surface area contributed by atoms with Crippen LogP contribution in [0.15, 0.2) is 48.5 Å². The van der Waals surface area contributed by atoms with E-state index in [2.05, 4.69) is 10.6 Å². The van der Waals surface area contributed by atoms with Crippen LogP contribution in [0.1, 0.15) is 43.4 Å². The average Bonchev–Trinajstić information content (AvgIpc) is 2.75. The molecule has 1 aliphatic rings. The van der Waals surface area contributed by atoms with E-state index in [1.54, 1.807) is 11.0 Å². The highest BCUT2D eigenvalue weighted by Gasteiger charge is 2.37. The number of urea groups is 1. The maximum atomic E-state index is 13.6. The van der Waals surface area contributed by atoms with Crippen molar-refractivity contribution in [1.29, 1.82) is 0 Å². The van der Waals surface area contributed by atoms with Crippen LogP contribution in [-0.4, -0.2) is 40.0 Å². The number of aryl methyl sites for hydroxylation is 1. The van der Waals surface area contributed by atoms with Crippen LogP contribution >= 0.6 is 0 Å². The van der Waals surface area contributed by atoms with E-state index >= 15 is 0 Å². The van der Waals surface area contributed by atoms with E-state index in [0.717, 1.165) is 16.7 Å². The molecule has 3 atom stereocenters. The SMILES string of the molecule is CC[C@H](C)[C@H](NC(=O)Nc1cccc(C)c1)C(=O)N1Cc2ccccc2C[C@@H]1CC(=O)O. The van der Waals surface area contributed by atoms with Gasteiger partial charge in [0.15, 0.2) is 0 Å². The Morgan fingerprint density at radius 3 is 2.50 bits per heavy atom. The van der Waals surface area contributed by atoms with Crippen LogP contribution in [0.3, 0.4) is 0 Å². The Kier molecular flexibility index (Phi) is 7.51. The number of carbonyl (C=O) groups is 3. The molecule has 0 radical (unpaired) electrons. The minimum atomic E-state index is -0.947. The summed E-state index contributed by atoms with van der Waals surface area (Å²) >= 11 is 0. The second-order valence-electron chi connectivity index (χ2n) is 8.52. The first-order valence-corrected chi connectivity index (χ1v) is 11.0. The van der Waals surface area contributed by atoms with Crippen molar-refractivity contribution in [3.8, 4) is 0 Å². The fraction of sp³-hybridized carbons (Fsp3) is 0.400. The maximum absolute atomic E-state index is 13.6. The van der Waals surface area contributed by atoms with Crippen LogP contribution in [0.25, 0.3) is 0 Å². The summed E-state index contributed by atoms with van der Waals surface area (Å²) < 4.78 is 0. The number of rotatable bonds is 7. The van der Waals surface area contributed by atoms with Gasteiger partial charge in [-0.25, -0.2) is 4.79 Å². The van der Waals surface area contributed by atoms with Gasteiger partial charge in [0.25, 0.3) is 0 Å². The van der Waals surface area contributed by atoms with Gasteiger partial charge < -0.3 is 20.6 Å².